The Balaban J connectivity index is 1.95. The highest BCUT2D eigenvalue weighted by Gasteiger charge is 2.22. The SMILES string of the molecule is Cc1ccc(S(=O)(=O)Nc2ccc(Cl)cc2C(=O)c2ccccc2)cc1C(=O)NCC(C)C. The average molecular weight is 485 g/mol. The lowest BCUT2D eigenvalue weighted by Gasteiger charge is -2.15. The minimum Gasteiger partial charge on any atom is -0.352 e. The second-order valence-corrected chi connectivity index (χ2v) is 10.2. The largest absolute Gasteiger partial charge is 0.352 e. The molecule has 0 aromatic heterocycles. The van der Waals surface area contributed by atoms with Gasteiger partial charge < -0.3 is 5.32 Å². The topological polar surface area (TPSA) is 92.3 Å². The summed E-state index contributed by atoms with van der Waals surface area (Å²) in [6.45, 7) is 6.16. The Kier molecular flexibility index (Phi) is 7.56. The molecule has 0 heterocycles. The highest BCUT2D eigenvalue weighted by molar-refractivity contribution is 7.92. The molecule has 0 aliphatic heterocycles. The lowest BCUT2D eigenvalue weighted by molar-refractivity contribution is 0.0947. The molecule has 0 aliphatic carbocycles. The molecule has 1 amide bonds. The van der Waals surface area contributed by atoms with Gasteiger partial charge in [-0.25, -0.2) is 8.42 Å². The molecular formula is C25H25ClN2O4S. The molecule has 8 heteroatoms. The summed E-state index contributed by atoms with van der Waals surface area (Å²) in [7, 11) is -4.09. The number of ketones is 1. The minimum absolute atomic E-state index is 0.0872. The van der Waals surface area contributed by atoms with E-state index in [1.165, 1.54) is 30.3 Å². The zero-order valence-electron chi connectivity index (χ0n) is 18.6. The Labute approximate surface area is 199 Å². The van der Waals surface area contributed by atoms with Gasteiger partial charge in [0.25, 0.3) is 15.9 Å². The Morgan fingerprint density at radius 1 is 0.939 bits per heavy atom. The number of aryl methyl sites for hydroxylation is 1. The molecule has 0 saturated carbocycles. The molecule has 0 unspecified atom stereocenters. The van der Waals surface area contributed by atoms with Gasteiger partial charge in [-0.1, -0.05) is 61.8 Å². The maximum absolute atomic E-state index is 13.2. The third kappa shape index (κ3) is 6.00. The number of amides is 1. The van der Waals surface area contributed by atoms with Crippen molar-refractivity contribution in [2.75, 3.05) is 11.3 Å². The van der Waals surface area contributed by atoms with E-state index < -0.39 is 10.0 Å². The van der Waals surface area contributed by atoms with E-state index >= 15 is 0 Å². The molecule has 0 saturated heterocycles. The van der Waals surface area contributed by atoms with E-state index in [4.69, 9.17) is 11.6 Å². The van der Waals surface area contributed by atoms with Gasteiger partial charge in [0.15, 0.2) is 5.78 Å². The molecule has 0 bridgehead atoms. The first-order chi connectivity index (χ1) is 15.6. The van der Waals surface area contributed by atoms with Crippen molar-refractivity contribution >= 4 is 39.0 Å². The van der Waals surface area contributed by atoms with Crippen LogP contribution in [0.3, 0.4) is 0 Å². The average Bonchev–Trinajstić information content (AvgIpc) is 2.78. The molecule has 0 spiro atoms. The quantitative estimate of drug-likeness (QED) is 0.437. The fraction of sp³-hybridized carbons (Fsp3) is 0.200. The summed E-state index contributed by atoms with van der Waals surface area (Å²) in [6.07, 6.45) is 0. The van der Waals surface area contributed by atoms with Crippen molar-refractivity contribution in [1.82, 2.24) is 5.32 Å². The molecule has 33 heavy (non-hydrogen) atoms. The number of benzene rings is 3. The van der Waals surface area contributed by atoms with Gasteiger partial charge >= 0.3 is 0 Å². The second kappa shape index (κ2) is 10.2. The minimum atomic E-state index is -4.09. The van der Waals surface area contributed by atoms with Crippen LogP contribution in [0.2, 0.25) is 5.02 Å². The smallest absolute Gasteiger partial charge is 0.261 e. The van der Waals surface area contributed by atoms with Crippen LogP contribution in [0.15, 0.2) is 71.6 Å². The molecule has 3 rings (SSSR count). The highest BCUT2D eigenvalue weighted by atomic mass is 35.5. The van der Waals surface area contributed by atoms with E-state index in [2.05, 4.69) is 10.0 Å². The summed E-state index contributed by atoms with van der Waals surface area (Å²) in [5.74, 6) is -0.452. The van der Waals surface area contributed by atoms with Crippen LogP contribution in [0.4, 0.5) is 5.69 Å². The van der Waals surface area contributed by atoms with Gasteiger partial charge in [0.05, 0.1) is 10.6 Å². The van der Waals surface area contributed by atoms with Crippen molar-refractivity contribution in [2.45, 2.75) is 25.7 Å². The molecule has 2 N–H and O–H groups in total. The lowest BCUT2D eigenvalue weighted by atomic mass is 10.0. The summed E-state index contributed by atoms with van der Waals surface area (Å²) < 4.78 is 28.8. The lowest BCUT2D eigenvalue weighted by Crippen LogP contribution is -2.28. The molecule has 3 aromatic rings. The van der Waals surface area contributed by atoms with Gasteiger partial charge in [0, 0.05) is 28.3 Å². The van der Waals surface area contributed by atoms with E-state index in [0.29, 0.717) is 22.7 Å². The summed E-state index contributed by atoms with van der Waals surface area (Å²) in [4.78, 5) is 25.5. The van der Waals surface area contributed by atoms with Crippen LogP contribution in [0, 0.1) is 12.8 Å². The van der Waals surface area contributed by atoms with Crippen LogP contribution in [0.1, 0.15) is 45.7 Å². The summed E-state index contributed by atoms with van der Waals surface area (Å²) in [5.41, 5.74) is 1.55. The van der Waals surface area contributed by atoms with Crippen LogP contribution in [0.25, 0.3) is 0 Å². The van der Waals surface area contributed by atoms with Crippen molar-refractivity contribution in [1.29, 1.82) is 0 Å². The van der Waals surface area contributed by atoms with E-state index in [-0.39, 0.29) is 39.3 Å². The summed E-state index contributed by atoms with van der Waals surface area (Å²) in [6, 6.07) is 17.2. The molecule has 0 radical (unpaired) electrons. The summed E-state index contributed by atoms with van der Waals surface area (Å²) >= 11 is 6.09. The molecule has 0 atom stereocenters. The number of carbonyl (C=O) groups is 2. The van der Waals surface area contributed by atoms with E-state index in [1.54, 1.807) is 43.3 Å². The zero-order valence-corrected chi connectivity index (χ0v) is 20.1. The van der Waals surface area contributed by atoms with Gasteiger partial charge in [-0.15, -0.1) is 0 Å². The number of carbonyl (C=O) groups excluding carboxylic acids is 2. The first-order valence-corrected chi connectivity index (χ1v) is 12.3. The van der Waals surface area contributed by atoms with Gasteiger partial charge in [0.1, 0.15) is 0 Å². The van der Waals surface area contributed by atoms with Gasteiger partial charge in [-0.2, -0.15) is 0 Å². The number of nitrogens with one attached hydrogen (secondary N) is 2. The number of hydrogen-bond acceptors (Lipinski definition) is 4. The van der Waals surface area contributed by atoms with E-state index in [0.717, 1.165) is 0 Å². The van der Waals surface area contributed by atoms with Gasteiger partial charge in [0.2, 0.25) is 0 Å². The maximum atomic E-state index is 13.2. The maximum Gasteiger partial charge on any atom is 0.261 e. The summed E-state index contributed by atoms with van der Waals surface area (Å²) in [5, 5.41) is 3.11. The number of rotatable bonds is 8. The van der Waals surface area contributed by atoms with E-state index in [1.807, 2.05) is 13.8 Å². The fourth-order valence-electron chi connectivity index (χ4n) is 3.15. The third-order valence-corrected chi connectivity index (χ3v) is 6.54. The zero-order chi connectivity index (χ0) is 24.2. The van der Waals surface area contributed by atoms with Crippen molar-refractivity contribution < 1.29 is 18.0 Å². The van der Waals surface area contributed by atoms with E-state index in [9.17, 15) is 18.0 Å². The Morgan fingerprint density at radius 2 is 1.64 bits per heavy atom. The Hall–Kier alpha value is -3.16. The first kappa shape index (κ1) is 24.5. The second-order valence-electron chi connectivity index (χ2n) is 8.07. The molecular weight excluding hydrogens is 460 g/mol. The normalized spacial score (nSPS) is 11.3. The predicted molar refractivity (Wildman–Crippen MR) is 130 cm³/mol. The molecule has 3 aromatic carbocycles. The Bertz CT molecular complexity index is 1290. The Morgan fingerprint density at radius 3 is 2.30 bits per heavy atom. The fourth-order valence-corrected chi connectivity index (χ4v) is 4.42. The van der Waals surface area contributed by atoms with Crippen molar-refractivity contribution in [3.63, 3.8) is 0 Å². The predicted octanol–water partition coefficient (Wildman–Crippen LogP) is 5.07. The number of halogens is 1. The van der Waals surface area contributed by atoms with Crippen LogP contribution in [-0.2, 0) is 10.0 Å². The van der Waals surface area contributed by atoms with Crippen molar-refractivity contribution in [3.8, 4) is 0 Å². The van der Waals surface area contributed by atoms with Gasteiger partial charge in [-0.3, -0.25) is 14.3 Å². The van der Waals surface area contributed by atoms with Crippen LogP contribution >= 0.6 is 11.6 Å². The third-order valence-electron chi connectivity index (χ3n) is 4.94. The number of sulfonamides is 1. The van der Waals surface area contributed by atoms with Gasteiger partial charge in [-0.05, 0) is 48.7 Å². The first-order valence-electron chi connectivity index (χ1n) is 10.4. The standard InChI is InChI=1S/C25H25ClN2O4S/c1-16(2)15-27-25(30)21-14-20(11-9-17(21)3)33(31,32)28-23-12-10-19(26)13-22(23)24(29)18-7-5-4-6-8-18/h4-14,16,28H,15H2,1-3H3,(H,27,30). The molecule has 0 fully saturated rings. The van der Waals surface area contributed by atoms with Crippen molar-refractivity contribution in [3.05, 3.63) is 94.0 Å². The van der Waals surface area contributed by atoms with Crippen LogP contribution < -0.4 is 10.0 Å². The molecule has 6 nitrogen and oxygen atoms in total. The highest BCUT2D eigenvalue weighted by Crippen LogP contribution is 2.27. The monoisotopic (exact) mass is 484 g/mol. The van der Waals surface area contributed by atoms with Crippen LogP contribution in [-0.4, -0.2) is 26.7 Å². The number of hydrogen-bond donors (Lipinski definition) is 2. The molecule has 172 valence electrons. The van der Waals surface area contributed by atoms with Crippen LogP contribution in [0.5, 0.6) is 0 Å². The van der Waals surface area contributed by atoms with Crippen molar-refractivity contribution in [2.24, 2.45) is 5.92 Å². The number of anilines is 1. The molecule has 0 aliphatic rings.